The monoisotopic (exact) mass is 275 g/mol. The number of carbonyl (C=O) groups is 1. The van der Waals surface area contributed by atoms with E-state index in [1.165, 1.54) is 12.1 Å². The van der Waals surface area contributed by atoms with Gasteiger partial charge in [-0.1, -0.05) is 12.1 Å². The Morgan fingerprint density at radius 1 is 1.11 bits per heavy atom. The highest BCUT2D eigenvalue weighted by atomic mass is 19.4. The number of benzene rings is 1. The predicted molar refractivity (Wildman–Crippen MR) is 65.6 cm³/mol. The summed E-state index contributed by atoms with van der Waals surface area (Å²) in [7, 11) is 1.77. The van der Waals surface area contributed by atoms with E-state index >= 15 is 0 Å². The summed E-state index contributed by atoms with van der Waals surface area (Å²) in [6.45, 7) is 1.31. The second kappa shape index (κ2) is 6.98. The van der Waals surface area contributed by atoms with E-state index in [0.717, 1.165) is 12.1 Å². The van der Waals surface area contributed by atoms with Crippen molar-refractivity contribution < 1.29 is 18.0 Å². The lowest BCUT2D eigenvalue weighted by Gasteiger charge is -2.09. The second-order valence-electron chi connectivity index (χ2n) is 3.91. The van der Waals surface area contributed by atoms with Gasteiger partial charge in [0.25, 0.3) is 0 Å². The SMILES string of the molecule is CNCCNC(=O)NCc1ccc(C(F)(F)F)cc1. The molecule has 1 rings (SSSR count). The number of hydrogen-bond acceptors (Lipinski definition) is 2. The molecular formula is C12H16F3N3O. The van der Waals surface area contributed by atoms with Gasteiger partial charge < -0.3 is 16.0 Å². The molecule has 0 heterocycles. The Morgan fingerprint density at radius 3 is 2.26 bits per heavy atom. The van der Waals surface area contributed by atoms with E-state index in [1.807, 2.05) is 0 Å². The Labute approximate surface area is 109 Å². The summed E-state index contributed by atoms with van der Waals surface area (Å²) in [6, 6.07) is 4.33. The minimum absolute atomic E-state index is 0.184. The average Bonchev–Trinajstić information content (AvgIpc) is 2.36. The lowest BCUT2D eigenvalue weighted by molar-refractivity contribution is -0.137. The van der Waals surface area contributed by atoms with Gasteiger partial charge in [0, 0.05) is 19.6 Å². The van der Waals surface area contributed by atoms with Crippen LogP contribution in [0.4, 0.5) is 18.0 Å². The fourth-order valence-corrected chi connectivity index (χ4v) is 1.36. The first-order valence-corrected chi connectivity index (χ1v) is 5.76. The quantitative estimate of drug-likeness (QED) is 0.717. The number of nitrogens with one attached hydrogen (secondary N) is 3. The number of rotatable bonds is 5. The molecule has 4 nitrogen and oxygen atoms in total. The minimum atomic E-state index is -4.34. The molecule has 0 fully saturated rings. The first kappa shape index (κ1) is 15.3. The Bertz CT molecular complexity index is 404. The lowest BCUT2D eigenvalue weighted by Crippen LogP contribution is -2.38. The van der Waals surface area contributed by atoms with E-state index in [-0.39, 0.29) is 12.6 Å². The molecule has 0 atom stereocenters. The molecule has 2 amide bonds. The molecule has 7 heteroatoms. The number of alkyl halides is 3. The fraction of sp³-hybridized carbons (Fsp3) is 0.417. The summed E-state index contributed by atoms with van der Waals surface area (Å²) in [5.74, 6) is 0. The Hall–Kier alpha value is -1.76. The van der Waals surface area contributed by atoms with Crippen molar-refractivity contribution in [2.75, 3.05) is 20.1 Å². The summed E-state index contributed by atoms with van der Waals surface area (Å²) in [6.07, 6.45) is -4.34. The smallest absolute Gasteiger partial charge is 0.337 e. The number of halogens is 3. The van der Waals surface area contributed by atoms with Crippen LogP contribution in [0.2, 0.25) is 0 Å². The molecule has 0 unspecified atom stereocenters. The Kier molecular flexibility index (Phi) is 5.62. The summed E-state index contributed by atoms with van der Waals surface area (Å²) in [5, 5.41) is 8.02. The molecule has 0 saturated heterocycles. The highest BCUT2D eigenvalue weighted by Gasteiger charge is 2.29. The van der Waals surface area contributed by atoms with Crippen LogP contribution in [0.15, 0.2) is 24.3 Å². The van der Waals surface area contributed by atoms with Crippen LogP contribution >= 0.6 is 0 Å². The van der Waals surface area contributed by atoms with Gasteiger partial charge in [-0.2, -0.15) is 13.2 Å². The van der Waals surface area contributed by atoms with E-state index in [9.17, 15) is 18.0 Å². The Balaban J connectivity index is 2.40. The van der Waals surface area contributed by atoms with Crippen molar-refractivity contribution in [2.45, 2.75) is 12.7 Å². The minimum Gasteiger partial charge on any atom is -0.337 e. The van der Waals surface area contributed by atoms with E-state index < -0.39 is 11.7 Å². The first-order chi connectivity index (χ1) is 8.93. The Morgan fingerprint density at radius 2 is 1.74 bits per heavy atom. The highest BCUT2D eigenvalue weighted by molar-refractivity contribution is 5.73. The van der Waals surface area contributed by atoms with Crippen LogP contribution in [0.3, 0.4) is 0 Å². The topological polar surface area (TPSA) is 53.2 Å². The lowest BCUT2D eigenvalue weighted by atomic mass is 10.1. The van der Waals surface area contributed by atoms with Gasteiger partial charge in [0.05, 0.1) is 5.56 Å². The molecule has 0 spiro atoms. The van der Waals surface area contributed by atoms with Crippen LogP contribution in [-0.4, -0.2) is 26.2 Å². The standard InChI is InChI=1S/C12H16F3N3O/c1-16-6-7-17-11(19)18-8-9-2-4-10(5-3-9)12(13,14)15/h2-5,16H,6-8H2,1H3,(H2,17,18,19). The predicted octanol–water partition coefficient (Wildman–Crippen LogP) is 1.72. The summed E-state index contributed by atoms with van der Waals surface area (Å²) in [5.41, 5.74) is -0.0912. The molecule has 1 aromatic rings. The maximum atomic E-state index is 12.3. The third-order valence-electron chi connectivity index (χ3n) is 2.39. The largest absolute Gasteiger partial charge is 0.416 e. The van der Waals surface area contributed by atoms with Crippen LogP contribution in [0.1, 0.15) is 11.1 Å². The van der Waals surface area contributed by atoms with Gasteiger partial charge in [-0.3, -0.25) is 0 Å². The zero-order valence-electron chi connectivity index (χ0n) is 10.5. The van der Waals surface area contributed by atoms with E-state index in [0.29, 0.717) is 18.7 Å². The average molecular weight is 275 g/mol. The fourth-order valence-electron chi connectivity index (χ4n) is 1.36. The third kappa shape index (κ3) is 5.60. The van der Waals surface area contributed by atoms with Crippen molar-refractivity contribution in [3.05, 3.63) is 35.4 Å². The molecule has 0 radical (unpaired) electrons. The highest BCUT2D eigenvalue weighted by Crippen LogP contribution is 2.28. The van der Waals surface area contributed by atoms with Crippen molar-refractivity contribution in [3.63, 3.8) is 0 Å². The molecule has 0 aromatic heterocycles. The molecule has 1 aromatic carbocycles. The molecule has 0 aliphatic heterocycles. The maximum absolute atomic E-state index is 12.3. The van der Waals surface area contributed by atoms with Crippen molar-refractivity contribution >= 4 is 6.03 Å². The van der Waals surface area contributed by atoms with E-state index in [4.69, 9.17) is 0 Å². The molecule has 0 bridgehead atoms. The molecule has 3 N–H and O–H groups in total. The second-order valence-corrected chi connectivity index (χ2v) is 3.91. The van der Waals surface area contributed by atoms with Crippen LogP contribution in [0.25, 0.3) is 0 Å². The zero-order valence-corrected chi connectivity index (χ0v) is 10.5. The maximum Gasteiger partial charge on any atom is 0.416 e. The van der Waals surface area contributed by atoms with Gasteiger partial charge in [-0.25, -0.2) is 4.79 Å². The van der Waals surface area contributed by atoms with Gasteiger partial charge in [-0.05, 0) is 24.7 Å². The van der Waals surface area contributed by atoms with Gasteiger partial charge >= 0.3 is 12.2 Å². The number of carbonyl (C=O) groups excluding carboxylic acids is 1. The molecule has 0 aliphatic carbocycles. The molecule has 0 aliphatic rings. The summed E-state index contributed by atoms with van der Waals surface area (Å²) < 4.78 is 37.0. The van der Waals surface area contributed by atoms with Gasteiger partial charge in [-0.15, -0.1) is 0 Å². The normalized spacial score (nSPS) is 11.2. The molecular weight excluding hydrogens is 259 g/mol. The van der Waals surface area contributed by atoms with Crippen LogP contribution < -0.4 is 16.0 Å². The number of urea groups is 1. The summed E-state index contributed by atoms with van der Waals surface area (Å²) in [4.78, 5) is 11.3. The number of likely N-dealkylation sites (N-methyl/N-ethyl adjacent to an activating group) is 1. The van der Waals surface area contributed by atoms with Crippen molar-refractivity contribution in [1.29, 1.82) is 0 Å². The van der Waals surface area contributed by atoms with E-state index in [2.05, 4.69) is 16.0 Å². The van der Waals surface area contributed by atoms with Crippen molar-refractivity contribution in [3.8, 4) is 0 Å². The van der Waals surface area contributed by atoms with Crippen LogP contribution in [-0.2, 0) is 12.7 Å². The van der Waals surface area contributed by atoms with Gasteiger partial charge in [0.2, 0.25) is 0 Å². The van der Waals surface area contributed by atoms with Gasteiger partial charge in [0.1, 0.15) is 0 Å². The van der Waals surface area contributed by atoms with Crippen LogP contribution in [0, 0.1) is 0 Å². The van der Waals surface area contributed by atoms with Crippen molar-refractivity contribution in [1.82, 2.24) is 16.0 Å². The third-order valence-corrected chi connectivity index (χ3v) is 2.39. The van der Waals surface area contributed by atoms with Crippen LogP contribution in [0.5, 0.6) is 0 Å². The zero-order chi connectivity index (χ0) is 14.3. The van der Waals surface area contributed by atoms with Gasteiger partial charge in [0.15, 0.2) is 0 Å². The van der Waals surface area contributed by atoms with E-state index in [1.54, 1.807) is 7.05 Å². The van der Waals surface area contributed by atoms with Crippen molar-refractivity contribution in [2.24, 2.45) is 0 Å². The molecule has 19 heavy (non-hydrogen) atoms. The number of hydrogen-bond donors (Lipinski definition) is 3. The molecule has 0 saturated carbocycles. The first-order valence-electron chi connectivity index (χ1n) is 5.76. The molecule has 106 valence electrons. The number of amides is 2. The summed E-state index contributed by atoms with van der Waals surface area (Å²) >= 11 is 0.